The fraction of sp³-hybridized carbons (Fsp3) is 0.276. The van der Waals surface area contributed by atoms with Crippen molar-refractivity contribution in [1.29, 1.82) is 0 Å². The SMILES string of the molecule is CCNC(=O)c1cn(-c2ccc3c(c2)CCC3)c2nc(Nc3ccc(CC4COC(=O)N4)cc3)ncc2c1=O. The molecule has 0 spiro atoms. The van der Waals surface area contributed by atoms with Crippen molar-refractivity contribution < 1.29 is 14.3 Å². The lowest BCUT2D eigenvalue weighted by Crippen LogP contribution is -2.29. The van der Waals surface area contributed by atoms with E-state index in [0.717, 1.165) is 36.2 Å². The monoisotopic (exact) mass is 524 g/mol. The molecular weight excluding hydrogens is 496 g/mol. The van der Waals surface area contributed by atoms with Crippen molar-refractivity contribution in [2.24, 2.45) is 0 Å². The molecule has 6 rings (SSSR count). The lowest BCUT2D eigenvalue weighted by atomic mass is 10.1. The number of aromatic nitrogens is 3. The van der Waals surface area contributed by atoms with Crippen LogP contribution in [0.25, 0.3) is 16.7 Å². The number of anilines is 2. The van der Waals surface area contributed by atoms with Crippen LogP contribution in [0.2, 0.25) is 0 Å². The Balaban J connectivity index is 1.35. The molecule has 1 aliphatic carbocycles. The zero-order valence-electron chi connectivity index (χ0n) is 21.5. The van der Waals surface area contributed by atoms with Crippen LogP contribution in [-0.4, -0.2) is 45.7 Å². The second-order valence-electron chi connectivity index (χ2n) is 9.80. The number of hydrogen-bond acceptors (Lipinski definition) is 7. The van der Waals surface area contributed by atoms with Crippen LogP contribution in [0.3, 0.4) is 0 Å². The maximum Gasteiger partial charge on any atom is 0.407 e. The van der Waals surface area contributed by atoms with Crippen molar-refractivity contribution in [1.82, 2.24) is 25.2 Å². The number of pyridine rings is 1. The van der Waals surface area contributed by atoms with E-state index in [1.54, 1.807) is 10.8 Å². The van der Waals surface area contributed by atoms with Gasteiger partial charge in [-0.1, -0.05) is 18.2 Å². The van der Waals surface area contributed by atoms with Gasteiger partial charge in [-0.3, -0.25) is 9.59 Å². The normalized spacial score (nSPS) is 16.0. The maximum absolute atomic E-state index is 13.3. The second kappa shape index (κ2) is 10.2. The number of carbonyl (C=O) groups is 2. The first-order valence-corrected chi connectivity index (χ1v) is 13.1. The summed E-state index contributed by atoms with van der Waals surface area (Å²) in [5.41, 5.74) is 5.32. The van der Waals surface area contributed by atoms with E-state index in [2.05, 4.69) is 33.1 Å². The van der Waals surface area contributed by atoms with Gasteiger partial charge in [0.25, 0.3) is 5.91 Å². The average molecular weight is 525 g/mol. The Morgan fingerprint density at radius 1 is 1.13 bits per heavy atom. The second-order valence-corrected chi connectivity index (χ2v) is 9.80. The first kappa shape index (κ1) is 24.6. The average Bonchev–Trinajstić information content (AvgIpc) is 3.58. The molecule has 0 saturated carbocycles. The van der Waals surface area contributed by atoms with Gasteiger partial charge in [0.05, 0.1) is 11.4 Å². The van der Waals surface area contributed by atoms with Crippen LogP contribution in [0.5, 0.6) is 0 Å². The highest BCUT2D eigenvalue weighted by Gasteiger charge is 2.22. The predicted octanol–water partition coefficient (Wildman–Crippen LogP) is 3.41. The van der Waals surface area contributed by atoms with Crippen LogP contribution in [0.1, 0.15) is 40.4 Å². The van der Waals surface area contributed by atoms with Gasteiger partial charge in [-0.2, -0.15) is 4.98 Å². The molecule has 3 heterocycles. The molecule has 1 saturated heterocycles. The molecule has 39 heavy (non-hydrogen) atoms. The van der Waals surface area contributed by atoms with Crippen molar-refractivity contribution in [2.75, 3.05) is 18.5 Å². The minimum atomic E-state index is -0.426. The molecule has 198 valence electrons. The van der Waals surface area contributed by atoms with E-state index < -0.39 is 11.3 Å². The summed E-state index contributed by atoms with van der Waals surface area (Å²) < 4.78 is 6.75. The Morgan fingerprint density at radius 3 is 2.72 bits per heavy atom. The summed E-state index contributed by atoms with van der Waals surface area (Å²) in [5, 5.41) is 8.98. The summed E-state index contributed by atoms with van der Waals surface area (Å²) in [6.45, 7) is 2.58. The molecule has 1 unspecified atom stereocenters. The Labute approximate surface area is 224 Å². The summed E-state index contributed by atoms with van der Waals surface area (Å²) in [6.07, 6.45) is 6.50. The number of fused-ring (bicyclic) bond motifs is 2. The van der Waals surface area contributed by atoms with Gasteiger partial charge in [0, 0.05) is 30.3 Å². The largest absolute Gasteiger partial charge is 0.447 e. The van der Waals surface area contributed by atoms with E-state index in [1.807, 2.05) is 37.3 Å². The van der Waals surface area contributed by atoms with Gasteiger partial charge in [0.1, 0.15) is 12.2 Å². The van der Waals surface area contributed by atoms with Crippen LogP contribution in [-0.2, 0) is 24.0 Å². The number of nitrogens with zero attached hydrogens (tertiary/aromatic N) is 3. The third kappa shape index (κ3) is 4.93. The highest BCUT2D eigenvalue weighted by Crippen LogP contribution is 2.26. The Hall–Kier alpha value is -4.73. The number of cyclic esters (lactones) is 1. The summed E-state index contributed by atoms with van der Waals surface area (Å²) in [6, 6.07) is 13.9. The van der Waals surface area contributed by atoms with Gasteiger partial charge < -0.3 is 25.3 Å². The highest BCUT2D eigenvalue weighted by molar-refractivity contribution is 5.97. The molecule has 2 aromatic heterocycles. The van der Waals surface area contributed by atoms with Gasteiger partial charge in [-0.05, 0) is 73.6 Å². The van der Waals surface area contributed by atoms with Crippen LogP contribution >= 0.6 is 0 Å². The van der Waals surface area contributed by atoms with Gasteiger partial charge in [0.2, 0.25) is 11.4 Å². The quantitative estimate of drug-likeness (QED) is 0.338. The number of carbonyl (C=O) groups excluding carboxylic acids is 2. The van der Waals surface area contributed by atoms with Gasteiger partial charge in [-0.15, -0.1) is 0 Å². The first-order chi connectivity index (χ1) is 19.0. The molecule has 0 bridgehead atoms. The number of amides is 2. The number of alkyl carbamates (subject to hydrolysis) is 1. The number of hydrogen-bond donors (Lipinski definition) is 3. The zero-order chi connectivity index (χ0) is 26.9. The minimum Gasteiger partial charge on any atom is -0.447 e. The molecule has 3 N–H and O–H groups in total. The van der Waals surface area contributed by atoms with E-state index in [4.69, 9.17) is 9.72 Å². The number of aryl methyl sites for hydroxylation is 2. The van der Waals surface area contributed by atoms with Gasteiger partial charge in [-0.25, -0.2) is 9.78 Å². The van der Waals surface area contributed by atoms with Crippen molar-refractivity contribution >= 4 is 34.7 Å². The zero-order valence-corrected chi connectivity index (χ0v) is 21.5. The van der Waals surface area contributed by atoms with E-state index >= 15 is 0 Å². The molecule has 2 amide bonds. The van der Waals surface area contributed by atoms with Crippen molar-refractivity contribution in [3.63, 3.8) is 0 Å². The molecule has 10 nitrogen and oxygen atoms in total. The van der Waals surface area contributed by atoms with E-state index in [9.17, 15) is 14.4 Å². The van der Waals surface area contributed by atoms with E-state index in [1.165, 1.54) is 17.3 Å². The van der Waals surface area contributed by atoms with Crippen molar-refractivity contribution in [2.45, 2.75) is 38.6 Å². The molecule has 10 heteroatoms. The molecule has 1 fully saturated rings. The smallest absolute Gasteiger partial charge is 0.407 e. The van der Waals surface area contributed by atoms with Crippen LogP contribution in [0.15, 0.2) is 59.7 Å². The maximum atomic E-state index is 13.3. The lowest BCUT2D eigenvalue weighted by molar-refractivity contribution is 0.0954. The molecule has 4 aromatic rings. The predicted molar refractivity (Wildman–Crippen MR) is 147 cm³/mol. The Morgan fingerprint density at radius 2 is 1.95 bits per heavy atom. The summed E-state index contributed by atoms with van der Waals surface area (Å²) >= 11 is 0. The summed E-state index contributed by atoms with van der Waals surface area (Å²) in [4.78, 5) is 46.4. The van der Waals surface area contributed by atoms with E-state index in [0.29, 0.717) is 31.2 Å². The molecule has 0 radical (unpaired) electrons. The fourth-order valence-corrected chi connectivity index (χ4v) is 5.17. The minimum absolute atomic E-state index is 0.0413. The fourth-order valence-electron chi connectivity index (χ4n) is 5.17. The number of nitrogens with one attached hydrogen (secondary N) is 3. The molecular formula is C29H28N6O4. The van der Waals surface area contributed by atoms with Crippen LogP contribution in [0.4, 0.5) is 16.4 Å². The van der Waals surface area contributed by atoms with Crippen molar-refractivity contribution in [3.8, 4) is 5.69 Å². The molecule has 2 aliphatic rings. The van der Waals surface area contributed by atoms with Crippen molar-refractivity contribution in [3.05, 3.63) is 87.3 Å². The Kier molecular flexibility index (Phi) is 6.44. The van der Waals surface area contributed by atoms with Gasteiger partial charge in [0.15, 0.2) is 5.65 Å². The molecule has 1 aliphatic heterocycles. The third-order valence-corrected chi connectivity index (χ3v) is 7.12. The highest BCUT2D eigenvalue weighted by atomic mass is 16.6. The van der Waals surface area contributed by atoms with Crippen LogP contribution in [0, 0.1) is 0 Å². The number of rotatable bonds is 7. The summed E-state index contributed by atoms with van der Waals surface area (Å²) in [7, 11) is 0. The Bertz CT molecular complexity index is 1650. The van der Waals surface area contributed by atoms with Crippen LogP contribution < -0.4 is 21.4 Å². The standard InChI is InChI=1S/C29H28N6O4/c1-2-30-27(37)24-15-35(22-11-8-18-4-3-5-19(18)13-22)26-23(25(24)36)14-31-28(34-26)32-20-9-6-17(7-10-20)12-21-16-39-29(38)33-21/h6-11,13-15,21H,2-5,12,16H2,1H3,(H,30,37)(H,33,38)(H,31,32,34). The third-order valence-electron chi connectivity index (χ3n) is 7.12. The van der Waals surface area contributed by atoms with Gasteiger partial charge >= 0.3 is 6.09 Å². The lowest BCUT2D eigenvalue weighted by Gasteiger charge is -2.15. The summed E-state index contributed by atoms with van der Waals surface area (Å²) in [5.74, 6) is -0.0999. The first-order valence-electron chi connectivity index (χ1n) is 13.1. The molecule has 1 atom stereocenters. The number of benzene rings is 2. The number of ether oxygens (including phenoxy) is 1. The molecule has 2 aromatic carbocycles. The topological polar surface area (TPSA) is 127 Å². The van der Waals surface area contributed by atoms with E-state index in [-0.39, 0.29) is 23.1 Å².